The second-order valence-electron chi connectivity index (χ2n) is 3.44. The third-order valence-corrected chi connectivity index (χ3v) is 2.78. The highest BCUT2D eigenvalue weighted by molar-refractivity contribution is 9.10. The molecule has 1 aromatic carbocycles. The van der Waals surface area contributed by atoms with Gasteiger partial charge in [0.25, 0.3) is 0 Å². The van der Waals surface area contributed by atoms with Crippen molar-refractivity contribution in [2.75, 3.05) is 11.9 Å². The van der Waals surface area contributed by atoms with Crippen LogP contribution >= 0.6 is 15.9 Å². The number of anilines is 1. The van der Waals surface area contributed by atoms with Gasteiger partial charge in [0.15, 0.2) is 5.92 Å². The van der Waals surface area contributed by atoms with E-state index in [1.54, 1.807) is 0 Å². The van der Waals surface area contributed by atoms with Crippen molar-refractivity contribution in [1.29, 1.82) is 0 Å². The summed E-state index contributed by atoms with van der Waals surface area (Å²) in [6, 6.07) is 3.33. The zero-order valence-electron chi connectivity index (χ0n) is 8.76. The molecule has 0 radical (unpaired) electrons. The summed E-state index contributed by atoms with van der Waals surface area (Å²) < 4.78 is 50.0. The van der Waals surface area contributed by atoms with Gasteiger partial charge in [-0.2, -0.15) is 13.2 Å². The van der Waals surface area contributed by atoms with Gasteiger partial charge in [-0.15, -0.1) is 0 Å². The Morgan fingerprint density at radius 1 is 1.44 bits per heavy atom. The van der Waals surface area contributed by atoms with Crippen LogP contribution in [0.3, 0.4) is 0 Å². The first-order valence-electron chi connectivity index (χ1n) is 4.70. The molecule has 1 unspecified atom stereocenters. The van der Waals surface area contributed by atoms with E-state index >= 15 is 0 Å². The van der Waals surface area contributed by atoms with Gasteiger partial charge in [0, 0.05) is 16.7 Å². The molecule has 0 saturated heterocycles. The average molecular weight is 330 g/mol. The molecular formula is C10H8BrF4NO2. The van der Waals surface area contributed by atoms with Gasteiger partial charge in [0.1, 0.15) is 5.82 Å². The topological polar surface area (TPSA) is 49.3 Å². The number of aliphatic carboxylic acids is 1. The quantitative estimate of drug-likeness (QED) is 0.833. The van der Waals surface area contributed by atoms with Crippen molar-refractivity contribution in [3.8, 4) is 0 Å². The number of carboxylic acids is 1. The molecule has 0 bridgehead atoms. The van der Waals surface area contributed by atoms with E-state index in [0.717, 1.165) is 12.1 Å². The van der Waals surface area contributed by atoms with Gasteiger partial charge in [-0.1, -0.05) is 0 Å². The minimum atomic E-state index is -4.84. The molecule has 0 aliphatic heterocycles. The van der Waals surface area contributed by atoms with Crippen molar-refractivity contribution in [1.82, 2.24) is 0 Å². The monoisotopic (exact) mass is 329 g/mol. The van der Waals surface area contributed by atoms with E-state index in [2.05, 4.69) is 21.2 Å². The van der Waals surface area contributed by atoms with Crippen molar-refractivity contribution in [2.45, 2.75) is 6.18 Å². The number of nitrogens with one attached hydrogen (secondary N) is 1. The molecular weight excluding hydrogens is 322 g/mol. The first kappa shape index (κ1) is 14.7. The maximum absolute atomic E-state index is 12.7. The Kier molecular flexibility index (Phi) is 4.55. The van der Waals surface area contributed by atoms with Gasteiger partial charge < -0.3 is 10.4 Å². The molecule has 1 aromatic rings. The summed E-state index contributed by atoms with van der Waals surface area (Å²) in [4.78, 5) is 10.5. The van der Waals surface area contributed by atoms with Crippen LogP contribution in [0, 0.1) is 11.7 Å². The molecule has 0 aromatic heterocycles. The number of hydrogen-bond acceptors (Lipinski definition) is 2. The Labute approximate surface area is 108 Å². The first-order valence-corrected chi connectivity index (χ1v) is 5.49. The van der Waals surface area contributed by atoms with E-state index in [-0.39, 0.29) is 10.2 Å². The predicted octanol–water partition coefficient (Wildman–Crippen LogP) is 3.26. The maximum Gasteiger partial charge on any atom is 0.403 e. The molecule has 1 atom stereocenters. The number of hydrogen-bond donors (Lipinski definition) is 2. The van der Waals surface area contributed by atoms with Crippen LogP contribution in [0.2, 0.25) is 0 Å². The fourth-order valence-electron chi connectivity index (χ4n) is 1.19. The van der Waals surface area contributed by atoms with E-state index in [4.69, 9.17) is 5.11 Å². The van der Waals surface area contributed by atoms with Crippen molar-refractivity contribution in [3.63, 3.8) is 0 Å². The fraction of sp³-hybridized carbons (Fsp3) is 0.300. The summed E-state index contributed by atoms with van der Waals surface area (Å²) in [5.41, 5.74) is 0.187. The standard InChI is InChI=1S/C10H8BrF4NO2/c11-7-3-5(12)1-2-8(7)16-4-6(9(17)18)10(13,14)15/h1-3,6,16H,4H2,(H,17,18). The minimum Gasteiger partial charge on any atom is -0.481 e. The maximum atomic E-state index is 12.7. The van der Waals surface area contributed by atoms with Crippen molar-refractivity contribution in [3.05, 3.63) is 28.5 Å². The Bertz CT molecular complexity index is 450. The molecule has 0 heterocycles. The minimum absolute atomic E-state index is 0.187. The molecule has 18 heavy (non-hydrogen) atoms. The van der Waals surface area contributed by atoms with Crippen molar-refractivity contribution < 1.29 is 27.5 Å². The Hall–Kier alpha value is -1.31. The van der Waals surface area contributed by atoms with Crippen LogP contribution in [0.4, 0.5) is 23.2 Å². The Morgan fingerprint density at radius 2 is 2.06 bits per heavy atom. The highest BCUT2D eigenvalue weighted by Crippen LogP contribution is 2.28. The molecule has 0 amide bonds. The first-order chi connectivity index (χ1) is 8.21. The lowest BCUT2D eigenvalue weighted by molar-refractivity contribution is -0.190. The third-order valence-electron chi connectivity index (χ3n) is 2.12. The lowest BCUT2D eigenvalue weighted by Crippen LogP contribution is -2.36. The molecule has 0 saturated carbocycles. The third kappa shape index (κ3) is 3.86. The van der Waals surface area contributed by atoms with Crippen molar-refractivity contribution >= 4 is 27.6 Å². The molecule has 0 spiro atoms. The van der Waals surface area contributed by atoms with Crippen LogP contribution in [-0.4, -0.2) is 23.8 Å². The fourth-order valence-corrected chi connectivity index (χ4v) is 1.68. The predicted molar refractivity (Wildman–Crippen MR) is 59.8 cm³/mol. The highest BCUT2D eigenvalue weighted by atomic mass is 79.9. The zero-order valence-corrected chi connectivity index (χ0v) is 10.3. The van der Waals surface area contributed by atoms with Crippen LogP contribution in [0.15, 0.2) is 22.7 Å². The van der Waals surface area contributed by atoms with E-state index < -0.39 is 30.4 Å². The zero-order chi connectivity index (χ0) is 13.9. The number of halogens is 5. The summed E-state index contributed by atoms with van der Waals surface area (Å²) in [7, 11) is 0. The second-order valence-corrected chi connectivity index (χ2v) is 4.29. The number of benzene rings is 1. The summed E-state index contributed by atoms with van der Waals surface area (Å²) in [5.74, 6) is -5.04. The highest BCUT2D eigenvalue weighted by Gasteiger charge is 2.44. The van der Waals surface area contributed by atoms with Gasteiger partial charge >= 0.3 is 12.1 Å². The van der Waals surface area contributed by atoms with E-state index in [0.29, 0.717) is 0 Å². The van der Waals surface area contributed by atoms with Crippen LogP contribution in [0.1, 0.15) is 0 Å². The summed E-state index contributed by atoms with van der Waals surface area (Å²) in [6.45, 7) is -0.830. The van der Waals surface area contributed by atoms with Crippen LogP contribution < -0.4 is 5.32 Å². The molecule has 1 rings (SSSR count). The average Bonchev–Trinajstić information content (AvgIpc) is 2.18. The van der Waals surface area contributed by atoms with Crippen LogP contribution in [0.5, 0.6) is 0 Å². The molecule has 0 aliphatic rings. The summed E-state index contributed by atoms with van der Waals surface area (Å²) in [6.07, 6.45) is -4.84. The van der Waals surface area contributed by atoms with E-state index in [9.17, 15) is 22.4 Å². The number of alkyl halides is 3. The number of rotatable bonds is 4. The molecule has 3 nitrogen and oxygen atoms in total. The Balaban J connectivity index is 2.77. The van der Waals surface area contributed by atoms with E-state index in [1.807, 2.05) is 0 Å². The normalized spacial score (nSPS) is 13.2. The van der Waals surface area contributed by atoms with Crippen molar-refractivity contribution in [2.24, 2.45) is 5.92 Å². The van der Waals surface area contributed by atoms with Gasteiger partial charge in [-0.3, -0.25) is 4.79 Å². The van der Waals surface area contributed by atoms with Crippen LogP contribution in [0.25, 0.3) is 0 Å². The second kappa shape index (κ2) is 5.55. The number of carbonyl (C=O) groups is 1. The number of carboxylic acid groups (broad SMARTS) is 1. The van der Waals surface area contributed by atoms with Gasteiger partial charge in [0.05, 0.1) is 0 Å². The lowest BCUT2D eigenvalue weighted by Gasteiger charge is -2.17. The molecule has 0 fully saturated rings. The van der Waals surface area contributed by atoms with E-state index in [1.165, 1.54) is 6.07 Å². The Morgan fingerprint density at radius 3 is 2.50 bits per heavy atom. The molecule has 8 heteroatoms. The van der Waals surface area contributed by atoms with Gasteiger partial charge in [-0.25, -0.2) is 4.39 Å². The molecule has 100 valence electrons. The van der Waals surface area contributed by atoms with Gasteiger partial charge in [0.2, 0.25) is 0 Å². The summed E-state index contributed by atoms with van der Waals surface area (Å²) in [5, 5.41) is 10.8. The van der Waals surface area contributed by atoms with Crippen LogP contribution in [-0.2, 0) is 4.79 Å². The summed E-state index contributed by atoms with van der Waals surface area (Å²) >= 11 is 2.95. The van der Waals surface area contributed by atoms with Gasteiger partial charge in [-0.05, 0) is 34.1 Å². The lowest BCUT2D eigenvalue weighted by atomic mass is 10.1. The molecule has 0 aliphatic carbocycles. The molecule has 2 N–H and O–H groups in total. The SMILES string of the molecule is O=C(O)C(CNc1ccc(F)cc1Br)C(F)(F)F. The smallest absolute Gasteiger partial charge is 0.403 e. The largest absolute Gasteiger partial charge is 0.481 e.